The predicted molar refractivity (Wildman–Crippen MR) is 150 cm³/mol. The van der Waals surface area contributed by atoms with Gasteiger partial charge in [-0.15, -0.1) is 0 Å². The van der Waals surface area contributed by atoms with Gasteiger partial charge in [-0.2, -0.15) is 4.98 Å². The number of nitrogens with zero attached hydrogens (tertiary/aromatic N) is 4. The van der Waals surface area contributed by atoms with Crippen molar-refractivity contribution in [2.24, 2.45) is 5.92 Å². The molecule has 3 aromatic rings. The number of rotatable bonds is 9. The maximum Gasteiger partial charge on any atom is 0.241 e. The molecule has 0 aliphatic carbocycles. The van der Waals surface area contributed by atoms with E-state index in [1.807, 2.05) is 18.2 Å². The molecule has 0 bridgehead atoms. The van der Waals surface area contributed by atoms with Gasteiger partial charge in [0.1, 0.15) is 0 Å². The van der Waals surface area contributed by atoms with Crippen molar-refractivity contribution in [3.05, 3.63) is 53.9 Å². The maximum absolute atomic E-state index is 13.0. The van der Waals surface area contributed by atoms with Gasteiger partial charge in [-0.1, -0.05) is 17.3 Å². The second-order valence-corrected chi connectivity index (χ2v) is 10.5. The number of carbonyl (C=O) groups excluding carboxylic acids is 1. The third kappa shape index (κ3) is 6.53. The highest BCUT2D eigenvalue weighted by Gasteiger charge is 2.27. The quantitative estimate of drug-likeness (QED) is 0.418. The SMILES string of the molecule is COc1ccc(-c2noc(CN3CCC(C(=O)NC(C)c4ccc(N5CCCCC5)cc4)CC3)n2)cc1OC. The summed E-state index contributed by atoms with van der Waals surface area (Å²) in [7, 11) is 3.20. The number of piperidine rings is 2. The molecule has 1 N–H and O–H groups in total. The number of benzene rings is 2. The molecule has 3 heterocycles. The molecule has 39 heavy (non-hydrogen) atoms. The van der Waals surface area contributed by atoms with Crippen LogP contribution in [0, 0.1) is 5.92 Å². The van der Waals surface area contributed by atoms with Gasteiger partial charge in [-0.05, 0) is 88.0 Å². The van der Waals surface area contributed by atoms with Gasteiger partial charge in [-0.3, -0.25) is 9.69 Å². The summed E-state index contributed by atoms with van der Waals surface area (Å²) in [6.07, 6.45) is 5.48. The molecule has 0 spiro atoms. The normalized spacial score (nSPS) is 17.6. The molecule has 2 aliphatic rings. The number of amides is 1. The summed E-state index contributed by atoms with van der Waals surface area (Å²) < 4.78 is 16.2. The standard InChI is InChI=1S/C30H39N5O4/c1-21(22-7-10-25(11-8-22)35-15-5-4-6-16-35)31-30(36)23-13-17-34(18-14-23)20-28-32-29(33-39-28)24-9-12-26(37-2)27(19-24)38-3/h7-12,19,21,23H,4-6,13-18,20H2,1-3H3,(H,31,36). The van der Waals surface area contributed by atoms with Gasteiger partial charge in [-0.25, -0.2) is 0 Å². The number of anilines is 1. The summed E-state index contributed by atoms with van der Waals surface area (Å²) in [4.78, 5) is 22.3. The van der Waals surface area contributed by atoms with Crippen molar-refractivity contribution in [2.45, 2.75) is 51.6 Å². The summed E-state index contributed by atoms with van der Waals surface area (Å²) in [6.45, 7) is 6.52. The van der Waals surface area contributed by atoms with Crippen LogP contribution in [0.15, 0.2) is 47.0 Å². The number of likely N-dealkylation sites (tertiary alicyclic amines) is 1. The summed E-state index contributed by atoms with van der Waals surface area (Å²) in [5, 5.41) is 7.38. The van der Waals surface area contributed by atoms with Crippen molar-refractivity contribution >= 4 is 11.6 Å². The Labute approximate surface area is 230 Å². The van der Waals surface area contributed by atoms with Crippen LogP contribution in [0.5, 0.6) is 11.5 Å². The smallest absolute Gasteiger partial charge is 0.241 e. The Morgan fingerprint density at radius 2 is 1.72 bits per heavy atom. The minimum atomic E-state index is -0.0145. The van der Waals surface area contributed by atoms with Crippen molar-refractivity contribution in [3.63, 3.8) is 0 Å². The Hall–Kier alpha value is -3.59. The lowest BCUT2D eigenvalue weighted by Gasteiger charge is -2.31. The number of hydrogen-bond acceptors (Lipinski definition) is 8. The molecule has 5 rings (SSSR count). The fourth-order valence-corrected chi connectivity index (χ4v) is 5.50. The zero-order chi connectivity index (χ0) is 27.2. The molecule has 208 valence electrons. The maximum atomic E-state index is 13.0. The van der Waals surface area contributed by atoms with Gasteiger partial charge in [0.05, 0.1) is 26.8 Å². The second-order valence-electron chi connectivity index (χ2n) is 10.5. The average molecular weight is 534 g/mol. The topological polar surface area (TPSA) is 93.0 Å². The van der Waals surface area contributed by atoms with E-state index in [4.69, 9.17) is 14.0 Å². The zero-order valence-corrected chi connectivity index (χ0v) is 23.2. The highest BCUT2D eigenvalue weighted by Crippen LogP contribution is 2.31. The van der Waals surface area contributed by atoms with Crippen LogP contribution >= 0.6 is 0 Å². The first-order valence-corrected chi connectivity index (χ1v) is 14.0. The molecule has 2 aliphatic heterocycles. The van der Waals surface area contributed by atoms with E-state index in [9.17, 15) is 4.79 Å². The number of nitrogens with one attached hydrogen (secondary N) is 1. The highest BCUT2D eigenvalue weighted by molar-refractivity contribution is 5.79. The van der Waals surface area contributed by atoms with E-state index in [1.54, 1.807) is 14.2 Å². The van der Waals surface area contributed by atoms with E-state index < -0.39 is 0 Å². The Morgan fingerprint density at radius 3 is 2.41 bits per heavy atom. The molecular weight excluding hydrogens is 494 g/mol. The fraction of sp³-hybridized carbons (Fsp3) is 0.500. The van der Waals surface area contributed by atoms with Crippen molar-refractivity contribution in [1.82, 2.24) is 20.4 Å². The van der Waals surface area contributed by atoms with E-state index >= 15 is 0 Å². The number of aromatic nitrogens is 2. The molecular formula is C30H39N5O4. The minimum Gasteiger partial charge on any atom is -0.493 e. The molecule has 0 saturated carbocycles. The molecule has 1 aromatic heterocycles. The van der Waals surface area contributed by atoms with Crippen LogP contribution < -0.4 is 19.7 Å². The largest absolute Gasteiger partial charge is 0.493 e. The van der Waals surface area contributed by atoms with Crippen LogP contribution in [0.2, 0.25) is 0 Å². The van der Waals surface area contributed by atoms with E-state index in [2.05, 4.69) is 56.4 Å². The van der Waals surface area contributed by atoms with Crippen LogP contribution in [0.25, 0.3) is 11.4 Å². The molecule has 1 amide bonds. The van der Waals surface area contributed by atoms with Crippen molar-refractivity contribution in [2.75, 3.05) is 45.3 Å². The van der Waals surface area contributed by atoms with Gasteiger partial charge in [0, 0.05) is 30.3 Å². The summed E-state index contributed by atoms with van der Waals surface area (Å²) in [6, 6.07) is 14.2. The summed E-state index contributed by atoms with van der Waals surface area (Å²) in [5.41, 5.74) is 3.22. The van der Waals surface area contributed by atoms with Gasteiger partial charge in [0.15, 0.2) is 11.5 Å². The Kier molecular flexibility index (Phi) is 8.66. The predicted octanol–water partition coefficient (Wildman–Crippen LogP) is 4.83. The molecule has 2 saturated heterocycles. The lowest BCUT2D eigenvalue weighted by Crippen LogP contribution is -2.41. The number of methoxy groups -OCH3 is 2. The average Bonchev–Trinajstić information content (AvgIpc) is 3.46. The van der Waals surface area contributed by atoms with Gasteiger partial charge < -0.3 is 24.2 Å². The Morgan fingerprint density at radius 1 is 1.00 bits per heavy atom. The molecule has 1 unspecified atom stereocenters. The molecule has 9 nitrogen and oxygen atoms in total. The van der Waals surface area contributed by atoms with Gasteiger partial charge >= 0.3 is 0 Å². The third-order valence-corrected chi connectivity index (χ3v) is 7.90. The lowest BCUT2D eigenvalue weighted by molar-refractivity contribution is -0.127. The van der Waals surface area contributed by atoms with Crippen LogP contribution in [0.3, 0.4) is 0 Å². The van der Waals surface area contributed by atoms with Crippen LogP contribution in [0.1, 0.15) is 56.5 Å². The van der Waals surface area contributed by atoms with Gasteiger partial charge in [0.25, 0.3) is 0 Å². The first-order chi connectivity index (χ1) is 19.0. The van der Waals surface area contributed by atoms with Crippen LogP contribution in [0.4, 0.5) is 5.69 Å². The second kappa shape index (κ2) is 12.5. The molecule has 1 atom stereocenters. The van der Waals surface area contributed by atoms with Crippen LogP contribution in [-0.2, 0) is 11.3 Å². The zero-order valence-electron chi connectivity index (χ0n) is 23.2. The highest BCUT2D eigenvalue weighted by atomic mass is 16.5. The molecule has 2 fully saturated rings. The van der Waals surface area contributed by atoms with E-state index in [1.165, 1.54) is 24.9 Å². The first-order valence-electron chi connectivity index (χ1n) is 14.0. The number of carbonyl (C=O) groups is 1. The Bertz CT molecular complexity index is 1230. The van der Waals surface area contributed by atoms with E-state index in [-0.39, 0.29) is 17.9 Å². The fourth-order valence-electron chi connectivity index (χ4n) is 5.50. The number of ether oxygens (including phenoxy) is 2. The Balaban J connectivity index is 1.09. The summed E-state index contributed by atoms with van der Waals surface area (Å²) in [5.74, 6) is 2.49. The summed E-state index contributed by atoms with van der Waals surface area (Å²) >= 11 is 0. The molecule has 2 aromatic carbocycles. The molecule has 9 heteroatoms. The van der Waals surface area contributed by atoms with Crippen molar-refractivity contribution < 1.29 is 18.8 Å². The monoisotopic (exact) mass is 533 g/mol. The first kappa shape index (κ1) is 27.0. The van der Waals surface area contributed by atoms with E-state index in [0.29, 0.717) is 29.8 Å². The van der Waals surface area contributed by atoms with Crippen molar-refractivity contribution in [3.8, 4) is 22.9 Å². The van der Waals surface area contributed by atoms with Crippen LogP contribution in [-0.4, -0.2) is 61.3 Å². The van der Waals surface area contributed by atoms with Crippen molar-refractivity contribution in [1.29, 1.82) is 0 Å². The lowest BCUT2D eigenvalue weighted by atomic mass is 9.95. The van der Waals surface area contributed by atoms with Gasteiger partial charge in [0.2, 0.25) is 17.6 Å². The third-order valence-electron chi connectivity index (χ3n) is 7.90. The molecule has 0 radical (unpaired) electrons. The number of hydrogen-bond donors (Lipinski definition) is 1. The van der Waals surface area contributed by atoms with E-state index in [0.717, 1.165) is 50.1 Å². The minimum absolute atomic E-state index is 0.0145.